The zero-order valence-electron chi connectivity index (χ0n) is 11.7. The molecule has 3 N–H and O–H groups in total. The van der Waals surface area contributed by atoms with E-state index in [1.54, 1.807) is 42.5 Å². The Hall–Kier alpha value is -2.73. The molecule has 0 aromatic heterocycles. The van der Waals surface area contributed by atoms with Gasteiger partial charge in [-0.3, -0.25) is 10.2 Å². The summed E-state index contributed by atoms with van der Waals surface area (Å²) < 4.78 is 5.14. The summed E-state index contributed by atoms with van der Waals surface area (Å²) in [6, 6.07) is 13.4. The van der Waals surface area contributed by atoms with E-state index in [4.69, 9.17) is 16.3 Å². The SMILES string of the molecule is COc1ccccc1N/N=C(\Cl)C(=O)Nc1ccccc1O. The maximum atomic E-state index is 11.9. The third-order valence-corrected chi connectivity index (χ3v) is 2.98. The van der Waals surface area contributed by atoms with Gasteiger partial charge >= 0.3 is 0 Å². The number of nitrogens with zero attached hydrogens (tertiary/aromatic N) is 1. The number of phenolic OH excluding ortho intramolecular Hbond substituents is 1. The molecule has 0 radical (unpaired) electrons. The van der Waals surface area contributed by atoms with Crippen LogP contribution in [0.25, 0.3) is 0 Å². The molecule has 22 heavy (non-hydrogen) atoms. The van der Waals surface area contributed by atoms with Crippen LogP contribution in [-0.2, 0) is 4.79 Å². The van der Waals surface area contributed by atoms with Gasteiger partial charge in [-0.1, -0.05) is 35.9 Å². The maximum Gasteiger partial charge on any atom is 0.287 e. The Morgan fingerprint density at radius 2 is 1.77 bits per heavy atom. The molecule has 0 aliphatic rings. The predicted molar refractivity (Wildman–Crippen MR) is 86.6 cm³/mol. The van der Waals surface area contributed by atoms with E-state index in [-0.39, 0.29) is 16.6 Å². The van der Waals surface area contributed by atoms with E-state index in [9.17, 15) is 9.90 Å². The minimum atomic E-state index is -0.648. The van der Waals surface area contributed by atoms with Crippen LogP contribution in [0.5, 0.6) is 11.5 Å². The van der Waals surface area contributed by atoms with Gasteiger partial charge in [0.05, 0.1) is 18.5 Å². The van der Waals surface area contributed by atoms with Gasteiger partial charge in [-0.05, 0) is 24.3 Å². The summed E-state index contributed by atoms with van der Waals surface area (Å²) in [6.45, 7) is 0. The number of halogens is 1. The summed E-state index contributed by atoms with van der Waals surface area (Å²) in [5.74, 6) is -0.139. The van der Waals surface area contributed by atoms with E-state index >= 15 is 0 Å². The number of ether oxygens (including phenoxy) is 1. The van der Waals surface area contributed by atoms with E-state index in [2.05, 4.69) is 15.8 Å². The highest BCUT2D eigenvalue weighted by atomic mass is 35.5. The first kappa shape index (κ1) is 15.7. The molecular weight excluding hydrogens is 306 g/mol. The van der Waals surface area contributed by atoms with Crippen molar-refractivity contribution in [2.45, 2.75) is 0 Å². The molecule has 2 rings (SSSR count). The zero-order chi connectivity index (χ0) is 15.9. The van der Waals surface area contributed by atoms with Gasteiger partial charge in [0, 0.05) is 0 Å². The fraction of sp³-hybridized carbons (Fsp3) is 0.0667. The Morgan fingerprint density at radius 3 is 2.45 bits per heavy atom. The molecule has 1 amide bonds. The minimum absolute atomic E-state index is 0.0574. The second-order valence-corrected chi connectivity index (χ2v) is 4.54. The molecule has 0 saturated heterocycles. The fourth-order valence-corrected chi connectivity index (χ4v) is 1.74. The van der Waals surface area contributed by atoms with Crippen LogP contribution in [0, 0.1) is 0 Å². The van der Waals surface area contributed by atoms with Gasteiger partial charge in [0.2, 0.25) is 5.17 Å². The number of carbonyl (C=O) groups excluding carboxylic acids is 1. The molecule has 114 valence electrons. The molecule has 0 unspecified atom stereocenters. The molecule has 0 saturated carbocycles. The van der Waals surface area contributed by atoms with Crippen LogP contribution >= 0.6 is 11.6 Å². The fourth-order valence-electron chi connectivity index (χ4n) is 1.65. The average molecular weight is 320 g/mol. The minimum Gasteiger partial charge on any atom is -0.506 e. The molecule has 2 aromatic rings. The molecule has 0 fully saturated rings. The van der Waals surface area contributed by atoms with Crippen molar-refractivity contribution in [2.24, 2.45) is 5.10 Å². The maximum absolute atomic E-state index is 11.9. The standard InChI is InChI=1S/C15H14ClN3O3/c1-22-13-9-5-3-7-11(13)18-19-14(16)15(21)17-10-6-2-4-8-12(10)20/h2-9,18,20H,1H3,(H,17,21)/b19-14-. The molecule has 0 heterocycles. The highest BCUT2D eigenvalue weighted by Crippen LogP contribution is 2.23. The molecule has 0 aliphatic heterocycles. The number of carbonyl (C=O) groups is 1. The number of methoxy groups -OCH3 is 1. The third kappa shape index (κ3) is 3.89. The number of benzene rings is 2. The van der Waals surface area contributed by atoms with Crippen LogP contribution in [0.2, 0.25) is 0 Å². The number of aromatic hydroxyl groups is 1. The lowest BCUT2D eigenvalue weighted by atomic mass is 10.3. The van der Waals surface area contributed by atoms with Crippen molar-refractivity contribution >= 4 is 34.1 Å². The largest absolute Gasteiger partial charge is 0.506 e. The summed E-state index contributed by atoms with van der Waals surface area (Å²) in [6.07, 6.45) is 0. The van der Waals surface area contributed by atoms with Gasteiger partial charge in [0.1, 0.15) is 11.5 Å². The van der Waals surface area contributed by atoms with Crippen LogP contribution in [0.1, 0.15) is 0 Å². The number of hydrogen-bond donors (Lipinski definition) is 3. The summed E-state index contributed by atoms with van der Waals surface area (Å²) in [4.78, 5) is 11.9. The summed E-state index contributed by atoms with van der Waals surface area (Å²) in [5.41, 5.74) is 3.47. The summed E-state index contributed by atoms with van der Waals surface area (Å²) >= 11 is 5.83. The number of para-hydroxylation sites is 4. The van der Waals surface area contributed by atoms with Crippen LogP contribution in [-0.4, -0.2) is 23.3 Å². The van der Waals surface area contributed by atoms with Crippen molar-refractivity contribution in [2.75, 3.05) is 17.9 Å². The van der Waals surface area contributed by atoms with Crippen molar-refractivity contribution in [1.82, 2.24) is 0 Å². The average Bonchev–Trinajstić information content (AvgIpc) is 2.54. The molecular formula is C15H14ClN3O3. The molecule has 0 bridgehead atoms. The first-order valence-corrected chi connectivity index (χ1v) is 6.71. The van der Waals surface area contributed by atoms with E-state index in [0.29, 0.717) is 11.4 Å². The van der Waals surface area contributed by atoms with Crippen molar-refractivity contribution in [3.8, 4) is 11.5 Å². The van der Waals surface area contributed by atoms with Gasteiger partial charge in [0.15, 0.2) is 0 Å². The molecule has 7 heteroatoms. The van der Waals surface area contributed by atoms with Crippen molar-refractivity contribution in [3.05, 3.63) is 48.5 Å². The van der Waals surface area contributed by atoms with Crippen LogP contribution in [0.15, 0.2) is 53.6 Å². The Labute approximate surface area is 132 Å². The number of hydrazone groups is 1. The molecule has 0 spiro atoms. The number of nitrogens with one attached hydrogen (secondary N) is 2. The number of hydrogen-bond acceptors (Lipinski definition) is 5. The smallest absolute Gasteiger partial charge is 0.287 e. The normalized spacial score (nSPS) is 10.9. The lowest BCUT2D eigenvalue weighted by Crippen LogP contribution is -2.19. The van der Waals surface area contributed by atoms with Gasteiger partial charge < -0.3 is 15.2 Å². The predicted octanol–water partition coefficient (Wildman–Crippen LogP) is 3.00. The first-order chi connectivity index (χ1) is 10.6. The lowest BCUT2D eigenvalue weighted by Gasteiger charge is -2.08. The Bertz CT molecular complexity index is 704. The molecule has 0 aliphatic carbocycles. The second kappa shape index (κ2) is 7.33. The molecule has 2 aromatic carbocycles. The zero-order valence-corrected chi connectivity index (χ0v) is 12.5. The topological polar surface area (TPSA) is 83.0 Å². The highest BCUT2D eigenvalue weighted by Gasteiger charge is 2.11. The third-order valence-electron chi connectivity index (χ3n) is 2.72. The van der Waals surface area contributed by atoms with Crippen molar-refractivity contribution < 1.29 is 14.6 Å². The lowest BCUT2D eigenvalue weighted by molar-refractivity contribution is -0.110. The van der Waals surface area contributed by atoms with Crippen molar-refractivity contribution in [1.29, 1.82) is 0 Å². The number of anilines is 2. The van der Waals surface area contributed by atoms with Crippen LogP contribution in [0.3, 0.4) is 0 Å². The second-order valence-electron chi connectivity index (χ2n) is 4.19. The highest BCUT2D eigenvalue weighted by molar-refractivity contribution is 6.84. The summed E-state index contributed by atoms with van der Waals surface area (Å²) in [5, 5.41) is 15.5. The number of phenols is 1. The quantitative estimate of drug-likeness (QED) is 0.449. The van der Waals surface area contributed by atoms with Crippen LogP contribution in [0.4, 0.5) is 11.4 Å². The Morgan fingerprint density at radius 1 is 1.14 bits per heavy atom. The van der Waals surface area contributed by atoms with Crippen LogP contribution < -0.4 is 15.5 Å². The Balaban J connectivity index is 2.06. The van der Waals surface area contributed by atoms with E-state index < -0.39 is 5.91 Å². The van der Waals surface area contributed by atoms with E-state index in [1.807, 2.05) is 0 Å². The van der Waals surface area contributed by atoms with Gasteiger partial charge in [-0.25, -0.2) is 0 Å². The Kier molecular flexibility index (Phi) is 5.21. The van der Waals surface area contributed by atoms with Gasteiger partial charge in [0.25, 0.3) is 5.91 Å². The van der Waals surface area contributed by atoms with E-state index in [1.165, 1.54) is 13.2 Å². The van der Waals surface area contributed by atoms with Gasteiger partial charge in [-0.2, -0.15) is 5.10 Å². The molecule has 0 atom stereocenters. The summed E-state index contributed by atoms with van der Waals surface area (Å²) in [7, 11) is 1.52. The van der Waals surface area contributed by atoms with E-state index in [0.717, 1.165) is 0 Å². The number of amides is 1. The molecule has 6 nitrogen and oxygen atoms in total. The number of rotatable bonds is 5. The first-order valence-electron chi connectivity index (χ1n) is 6.33. The van der Waals surface area contributed by atoms with Crippen molar-refractivity contribution in [3.63, 3.8) is 0 Å². The van der Waals surface area contributed by atoms with Gasteiger partial charge in [-0.15, -0.1) is 0 Å². The monoisotopic (exact) mass is 319 g/mol.